The van der Waals surface area contributed by atoms with Crippen LogP contribution in [0.1, 0.15) is 328 Å². The Kier molecular flexibility index (Phi) is 56.0. The van der Waals surface area contributed by atoms with Crippen LogP contribution in [0.2, 0.25) is 0 Å². The molecule has 10 heteroatoms. The number of hydrogen-bond acceptors (Lipinski definition) is 8. The number of phosphoric ester groups is 1. The SMILES string of the molecule is CCCCCCC/C=C\C/C=C\CCCCCCCCCCCCCC(=O)OC(COC(=O)CCCCCCCCCCCCCCCCCCCCCCCCCCCCCC)COP(=O)([O-])OCC[N+](C)(C)C. The minimum atomic E-state index is -4.64. The van der Waals surface area contributed by atoms with Crippen LogP contribution in [0.25, 0.3) is 0 Å². The lowest BCUT2D eigenvalue weighted by Gasteiger charge is -2.28. The monoisotopic (exact) mass is 1080 g/mol. The Bertz CT molecular complexity index is 1320. The highest BCUT2D eigenvalue weighted by atomic mass is 31.2. The molecule has 0 aromatic rings. The average molecular weight is 1080 g/mol. The van der Waals surface area contributed by atoms with Crippen molar-refractivity contribution < 1.29 is 42.1 Å². The van der Waals surface area contributed by atoms with Crippen molar-refractivity contribution in [1.82, 2.24) is 0 Å². The summed E-state index contributed by atoms with van der Waals surface area (Å²) >= 11 is 0. The van der Waals surface area contributed by atoms with Crippen LogP contribution in [0.15, 0.2) is 24.3 Å². The van der Waals surface area contributed by atoms with Gasteiger partial charge in [-0.1, -0.05) is 295 Å². The molecule has 0 aromatic heterocycles. The summed E-state index contributed by atoms with van der Waals surface area (Å²) in [5.41, 5.74) is 0. The summed E-state index contributed by atoms with van der Waals surface area (Å²) in [4.78, 5) is 38.0. The van der Waals surface area contributed by atoms with Crippen molar-refractivity contribution in [1.29, 1.82) is 0 Å². The van der Waals surface area contributed by atoms with Gasteiger partial charge in [-0.15, -0.1) is 0 Å². The predicted octanol–water partition coefficient (Wildman–Crippen LogP) is 19.9. The second-order valence-corrected chi connectivity index (χ2v) is 24.9. The molecule has 0 heterocycles. The Morgan fingerprint density at radius 3 is 1.05 bits per heavy atom. The number of unbranched alkanes of at least 4 members (excludes halogenated alkanes) is 43. The molecule has 2 atom stereocenters. The molecule has 0 spiro atoms. The van der Waals surface area contributed by atoms with Gasteiger partial charge in [-0.3, -0.25) is 14.2 Å². The number of hydrogen-bond donors (Lipinski definition) is 0. The highest BCUT2D eigenvalue weighted by Gasteiger charge is 2.22. The number of esters is 2. The van der Waals surface area contributed by atoms with Crippen molar-refractivity contribution in [2.45, 2.75) is 335 Å². The van der Waals surface area contributed by atoms with Crippen LogP contribution in [0.3, 0.4) is 0 Å². The number of carbonyl (C=O) groups is 2. The van der Waals surface area contributed by atoms with Crippen molar-refractivity contribution >= 4 is 19.8 Å². The van der Waals surface area contributed by atoms with Crippen molar-refractivity contribution in [2.24, 2.45) is 0 Å². The van der Waals surface area contributed by atoms with E-state index >= 15 is 0 Å². The van der Waals surface area contributed by atoms with E-state index in [1.807, 2.05) is 21.1 Å². The largest absolute Gasteiger partial charge is 0.756 e. The van der Waals surface area contributed by atoms with Gasteiger partial charge in [0.05, 0.1) is 27.7 Å². The molecule has 0 radical (unpaired) electrons. The molecule has 0 rings (SSSR count). The Balaban J connectivity index is 4.04. The Hall–Kier alpha value is -1.51. The van der Waals surface area contributed by atoms with Gasteiger partial charge in [0.25, 0.3) is 7.82 Å². The lowest BCUT2D eigenvalue weighted by atomic mass is 10.0. The summed E-state index contributed by atoms with van der Waals surface area (Å²) in [7, 11) is 1.18. The van der Waals surface area contributed by atoms with Crippen LogP contribution in [-0.4, -0.2) is 70.0 Å². The fraction of sp³-hybridized carbons (Fsp3) is 0.908. The molecule has 2 unspecified atom stereocenters. The topological polar surface area (TPSA) is 111 Å². The molecular formula is C65H126NO8P. The van der Waals surface area contributed by atoms with Gasteiger partial charge in [0, 0.05) is 12.8 Å². The number of nitrogens with zero attached hydrogens (tertiary/aromatic N) is 1. The molecule has 0 aliphatic carbocycles. The quantitative estimate of drug-likeness (QED) is 0.0195. The van der Waals surface area contributed by atoms with Crippen molar-refractivity contribution in [3.63, 3.8) is 0 Å². The highest BCUT2D eigenvalue weighted by molar-refractivity contribution is 7.45. The fourth-order valence-electron chi connectivity index (χ4n) is 9.69. The molecule has 75 heavy (non-hydrogen) atoms. The fourth-order valence-corrected chi connectivity index (χ4v) is 10.4. The first-order valence-electron chi connectivity index (χ1n) is 32.5. The lowest BCUT2D eigenvalue weighted by Crippen LogP contribution is -2.37. The molecule has 444 valence electrons. The number of phosphoric acid groups is 1. The minimum absolute atomic E-state index is 0.0284. The van der Waals surface area contributed by atoms with E-state index < -0.39 is 26.5 Å². The Labute approximate surface area is 466 Å². The maximum atomic E-state index is 12.8. The maximum absolute atomic E-state index is 12.8. The zero-order valence-corrected chi connectivity index (χ0v) is 51.4. The number of rotatable bonds is 61. The van der Waals surface area contributed by atoms with Crippen LogP contribution in [-0.2, 0) is 32.7 Å². The first-order chi connectivity index (χ1) is 36.5. The van der Waals surface area contributed by atoms with Crippen LogP contribution < -0.4 is 4.89 Å². The van der Waals surface area contributed by atoms with Crippen LogP contribution >= 0.6 is 7.82 Å². The van der Waals surface area contributed by atoms with E-state index in [-0.39, 0.29) is 32.0 Å². The summed E-state index contributed by atoms with van der Waals surface area (Å²) < 4.78 is 34.3. The molecular weight excluding hydrogens is 954 g/mol. The Morgan fingerprint density at radius 2 is 0.720 bits per heavy atom. The molecule has 0 aliphatic rings. The van der Waals surface area contributed by atoms with Crippen LogP contribution in [0.5, 0.6) is 0 Å². The van der Waals surface area contributed by atoms with E-state index in [0.717, 1.165) is 44.9 Å². The third-order valence-electron chi connectivity index (χ3n) is 14.7. The van der Waals surface area contributed by atoms with E-state index in [2.05, 4.69) is 38.2 Å². The molecule has 0 bridgehead atoms. The normalized spacial score (nSPS) is 13.3. The molecule has 9 nitrogen and oxygen atoms in total. The smallest absolute Gasteiger partial charge is 0.306 e. The average Bonchev–Trinajstić information content (AvgIpc) is 3.37. The molecule has 0 saturated carbocycles. The molecule has 0 saturated heterocycles. The first-order valence-corrected chi connectivity index (χ1v) is 34.0. The third kappa shape index (κ3) is 61.6. The number of likely N-dealkylation sites (N-methyl/N-ethyl adjacent to an activating group) is 1. The highest BCUT2D eigenvalue weighted by Crippen LogP contribution is 2.38. The number of quaternary nitrogens is 1. The van der Waals surface area contributed by atoms with Crippen molar-refractivity contribution in [3.05, 3.63) is 24.3 Å². The molecule has 0 fully saturated rings. The molecule has 0 amide bonds. The molecule has 0 N–H and O–H groups in total. The van der Waals surface area contributed by atoms with Crippen LogP contribution in [0, 0.1) is 0 Å². The lowest BCUT2D eigenvalue weighted by molar-refractivity contribution is -0.870. The molecule has 0 aromatic carbocycles. The summed E-state index contributed by atoms with van der Waals surface area (Å²) in [6.07, 6.45) is 69.6. The van der Waals surface area contributed by atoms with Crippen molar-refractivity contribution in [3.8, 4) is 0 Å². The van der Waals surface area contributed by atoms with E-state index in [1.54, 1.807) is 0 Å². The van der Waals surface area contributed by atoms with Crippen molar-refractivity contribution in [2.75, 3.05) is 47.5 Å². The second-order valence-electron chi connectivity index (χ2n) is 23.5. The number of ether oxygens (including phenoxy) is 2. The van der Waals surface area contributed by atoms with Gasteiger partial charge in [0.15, 0.2) is 6.10 Å². The van der Waals surface area contributed by atoms with Gasteiger partial charge in [-0.2, -0.15) is 0 Å². The summed E-state index contributed by atoms with van der Waals surface area (Å²) in [6.45, 7) is 4.29. The van der Waals surface area contributed by atoms with Gasteiger partial charge < -0.3 is 27.9 Å². The van der Waals surface area contributed by atoms with Gasteiger partial charge >= 0.3 is 11.9 Å². The van der Waals surface area contributed by atoms with E-state index in [9.17, 15) is 19.0 Å². The zero-order chi connectivity index (χ0) is 54.9. The zero-order valence-electron chi connectivity index (χ0n) is 50.5. The molecule has 0 aliphatic heterocycles. The maximum Gasteiger partial charge on any atom is 0.306 e. The van der Waals surface area contributed by atoms with E-state index in [4.69, 9.17) is 18.5 Å². The minimum Gasteiger partial charge on any atom is -0.756 e. The summed E-state index contributed by atoms with van der Waals surface area (Å²) in [6, 6.07) is 0. The van der Waals surface area contributed by atoms with Gasteiger partial charge in [-0.05, 0) is 44.9 Å². The van der Waals surface area contributed by atoms with Gasteiger partial charge in [0.2, 0.25) is 0 Å². The van der Waals surface area contributed by atoms with E-state index in [0.29, 0.717) is 17.4 Å². The first kappa shape index (κ1) is 73.5. The van der Waals surface area contributed by atoms with Gasteiger partial charge in [0.1, 0.15) is 19.8 Å². The number of carbonyl (C=O) groups excluding carboxylic acids is 2. The van der Waals surface area contributed by atoms with Crippen LogP contribution in [0.4, 0.5) is 0 Å². The van der Waals surface area contributed by atoms with E-state index in [1.165, 1.54) is 250 Å². The second kappa shape index (κ2) is 57.2. The third-order valence-corrected chi connectivity index (χ3v) is 15.7. The van der Waals surface area contributed by atoms with Gasteiger partial charge in [-0.25, -0.2) is 0 Å². The predicted molar refractivity (Wildman–Crippen MR) is 319 cm³/mol. The summed E-state index contributed by atoms with van der Waals surface area (Å²) in [5, 5.41) is 0. The Morgan fingerprint density at radius 1 is 0.413 bits per heavy atom. The summed E-state index contributed by atoms with van der Waals surface area (Å²) in [5.74, 6) is -0.816. The standard InChI is InChI=1S/C65H126NO8P/c1-6-8-10-12-14-16-18-20-22-24-26-28-30-31-32-33-34-36-37-39-41-43-45-47-49-51-53-55-57-64(67)71-61-63(62-73-75(69,70)72-60-59-66(3,4)5)74-65(68)58-56-54-52-50-48-46-44-42-40-38-35-29-27-25-23-21-19-17-15-13-11-9-7-2/h19,21,25,27,63H,6-18,20,22-24,26,28-62H2,1-5H3/b21-19-,27-25-. The number of allylic oxidation sites excluding steroid dienone is 4.